The predicted molar refractivity (Wildman–Crippen MR) is 165 cm³/mol. The summed E-state index contributed by atoms with van der Waals surface area (Å²) >= 11 is 0. The molecule has 0 aliphatic carbocycles. The van der Waals surface area contributed by atoms with Crippen molar-refractivity contribution in [3.05, 3.63) is 76.2 Å². The minimum absolute atomic E-state index is 0.127. The second kappa shape index (κ2) is 13.6. The molecule has 1 fully saturated rings. The number of morpholine rings is 1. The zero-order valence-corrected chi connectivity index (χ0v) is 26.6. The van der Waals surface area contributed by atoms with Crippen molar-refractivity contribution in [2.24, 2.45) is 0 Å². The molecule has 1 aromatic carbocycles. The van der Waals surface area contributed by atoms with E-state index in [4.69, 9.17) is 14.5 Å². The van der Waals surface area contributed by atoms with E-state index in [1.807, 2.05) is 13.0 Å². The van der Waals surface area contributed by atoms with E-state index in [9.17, 15) is 31.1 Å². The molecule has 2 atom stereocenters. The Labute approximate surface area is 269 Å². The third-order valence-corrected chi connectivity index (χ3v) is 8.50. The lowest BCUT2D eigenvalue weighted by Crippen LogP contribution is -2.48. The second-order valence-corrected chi connectivity index (χ2v) is 11.7. The third kappa shape index (κ3) is 7.42. The van der Waals surface area contributed by atoms with Gasteiger partial charge in [0, 0.05) is 36.9 Å². The van der Waals surface area contributed by atoms with Crippen molar-refractivity contribution in [2.45, 2.75) is 71.5 Å². The zero-order chi connectivity index (χ0) is 34.1. The third-order valence-electron chi connectivity index (χ3n) is 8.50. The maximum atomic E-state index is 13.9. The van der Waals surface area contributed by atoms with Crippen molar-refractivity contribution >= 4 is 23.3 Å². The Hall–Kier alpha value is -4.07. The highest BCUT2D eigenvalue weighted by Gasteiger charge is 2.42. The SMILES string of the molecule is CCOC(=O)N1c2c(cc(C)nc2C)C(N(Cc2cc(C(F)(F)F)cc(C(F)(F)F)c2)c2ccc(N3CCOCC3)cn2)CC1CC. The van der Waals surface area contributed by atoms with Crippen LogP contribution in [0.25, 0.3) is 0 Å². The van der Waals surface area contributed by atoms with Gasteiger partial charge in [0.25, 0.3) is 0 Å². The maximum Gasteiger partial charge on any atom is 0.416 e. The van der Waals surface area contributed by atoms with E-state index in [1.54, 1.807) is 48.9 Å². The Morgan fingerprint density at radius 2 is 1.66 bits per heavy atom. The number of nitrogens with zero attached hydrogens (tertiary/aromatic N) is 5. The lowest BCUT2D eigenvalue weighted by molar-refractivity contribution is -0.143. The number of aryl methyl sites for hydroxylation is 2. The number of anilines is 3. The van der Waals surface area contributed by atoms with E-state index < -0.39 is 41.7 Å². The van der Waals surface area contributed by atoms with Crippen molar-refractivity contribution < 1.29 is 40.6 Å². The summed E-state index contributed by atoms with van der Waals surface area (Å²) in [6.07, 6.45) is -8.09. The molecule has 0 spiro atoms. The van der Waals surface area contributed by atoms with Crippen LogP contribution >= 0.6 is 0 Å². The summed E-state index contributed by atoms with van der Waals surface area (Å²) in [4.78, 5) is 27.9. The van der Waals surface area contributed by atoms with Crippen LogP contribution in [0.4, 0.5) is 48.3 Å². The fourth-order valence-corrected chi connectivity index (χ4v) is 6.38. The van der Waals surface area contributed by atoms with Gasteiger partial charge in [0.05, 0.1) is 60.3 Å². The Balaban J connectivity index is 1.67. The van der Waals surface area contributed by atoms with Crippen molar-refractivity contribution in [3.63, 3.8) is 0 Å². The van der Waals surface area contributed by atoms with Crippen molar-refractivity contribution in [2.75, 3.05) is 47.6 Å². The summed E-state index contributed by atoms with van der Waals surface area (Å²) in [5, 5.41) is 0. The van der Waals surface area contributed by atoms with Crippen molar-refractivity contribution in [1.29, 1.82) is 0 Å². The number of carbonyl (C=O) groups excluding carboxylic acids is 1. The molecule has 0 bridgehead atoms. The predicted octanol–water partition coefficient (Wildman–Crippen LogP) is 7.86. The Bertz CT molecular complexity index is 1540. The number of ether oxygens (including phenoxy) is 2. The molecule has 2 unspecified atom stereocenters. The molecule has 0 saturated carbocycles. The Kier molecular flexibility index (Phi) is 9.90. The number of alkyl halides is 6. The van der Waals surface area contributed by atoms with Crippen LogP contribution in [-0.2, 0) is 28.4 Å². The summed E-state index contributed by atoms with van der Waals surface area (Å²) in [5.41, 5.74) is 0.188. The lowest BCUT2D eigenvalue weighted by atomic mass is 9.87. The number of hydrogen-bond donors (Lipinski definition) is 0. The number of carbonyl (C=O) groups is 1. The average Bonchev–Trinajstić information content (AvgIpc) is 3.02. The molecule has 8 nitrogen and oxygen atoms in total. The van der Waals surface area contributed by atoms with E-state index in [1.165, 1.54) is 0 Å². The number of halogens is 6. The van der Waals surface area contributed by atoms with E-state index in [-0.39, 0.29) is 24.8 Å². The van der Waals surface area contributed by atoms with Crippen molar-refractivity contribution in [1.82, 2.24) is 9.97 Å². The van der Waals surface area contributed by atoms with Gasteiger partial charge in [-0.25, -0.2) is 9.78 Å². The average molecular weight is 666 g/mol. The second-order valence-electron chi connectivity index (χ2n) is 11.7. The van der Waals surface area contributed by atoms with Gasteiger partial charge < -0.3 is 19.3 Å². The van der Waals surface area contributed by atoms with Crippen LogP contribution in [-0.4, -0.2) is 55.0 Å². The molecule has 4 heterocycles. The molecule has 47 heavy (non-hydrogen) atoms. The summed E-state index contributed by atoms with van der Waals surface area (Å²) in [6, 6.07) is 5.99. The zero-order valence-electron chi connectivity index (χ0n) is 26.6. The fourth-order valence-electron chi connectivity index (χ4n) is 6.38. The first kappa shape index (κ1) is 34.3. The topological polar surface area (TPSA) is 71.0 Å². The molecular weight excluding hydrogens is 628 g/mol. The lowest BCUT2D eigenvalue weighted by Gasteiger charge is -2.45. The summed E-state index contributed by atoms with van der Waals surface area (Å²) < 4.78 is 94.1. The Morgan fingerprint density at radius 1 is 1.00 bits per heavy atom. The van der Waals surface area contributed by atoms with Gasteiger partial charge in [-0.15, -0.1) is 0 Å². The molecule has 0 N–H and O–H groups in total. The first-order chi connectivity index (χ1) is 22.2. The molecule has 5 rings (SSSR count). The molecule has 2 aliphatic rings. The molecule has 2 aromatic heterocycles. The number of aromatic nitrogens is 2. The highest BCUT2D eigenvalue weighted by atomic mass is 19.4. The Morgan fingerprint density at radius 3 is 2.21 bits per heavy atom. The van der Waals surface area contributed by atoms with Crippen LogP contribution in [0.2, 0.25) is 0 Å². The van der Waals surface area contributed by atoms with E-state index in [2.05, 4.69) is 9.88 Å². The van der Waals surface area contributed by atoms with E-state index in [0.717, 1.165) is 17.8 Å². The highest BCUT2D eigenvalue weighted by molar-refractivity contribution is 5.91. The number of hydrogen-bond acceptors (Lipinski definition) is 7. The quantitative estimate of drug-likeness (QED) is 0.238. The fraction of sp³-hybridized carbons (Fsp3) is 0.485. The largest absolute Gasteiger partial charge is 0.449 e. The van der Waals surface area contributed by atoms with Gasteiger partial charge in [0.2, 0.25) is 0 Å². The molecule has 1 amide bonds. The van der Waals surface area contributed by atoms with Crippen molar-refractivity contribution in [3.8, 4) is 0 Å². The van der Waals surface area contributed by atoms with Gasteiger partial charge in [-0.1, -0.05) is 6.92 Å². The number of pyridine rings is 2. The summed E-state index contributed by atoms with van der Waals surface area (Å²) in [5.74, 6) is 0.357. The van der Waals surface area contributed by atoms with E-state index in [0.29, 0.717) is 67.6 Å². The van der Waals surface area contributed by atoms with Gasteiger partial charge in [-0.3, -0.25) is 9.88 Å². The van der Waals surface area contributed by atoms with Crippen LogP contribution in [0.15, 0.2) is 42.6 Å². The normalized spacial score (nSPS) is 18.6. The first-order valence-corrected chi connectivity index (χ1v) is 15.5. The molecule has 254 valence electrons. The minimum Gasteiger partial charge on any atom is -0.449 e. The number of benzene rings is 1. The van der Waals surface area contributed by atoms with Gasteiger partial charge in [-0.2, -0.15) is 26.3 Å². The van der Waals surface area contributed by atoms with Crippen LogP contribution in [0.5, 0.6) is 0 Å². The van der Waals surface area contributed by atoms with Gasteiger partial charge >= 0.3 is 18.4 Å². The van der Waals surface area contributed by atoms with Gasteiger partial charge in [0.1, 0.15) is 5.82 Å². The molecule has 2 aliphatic heterocycles. The number of amides is 1. The minimum atomic E-state index is -5.00. The number of rotatable bonds is 7. The smallest absolute Gasteiger partial charge is 0.416 e. The molecule has 3 aromatic rings. The monoisotopic (exact) mass is 665 g/mol. The molecule has 14 heteroatoms. The molecule has 1 saturated heterocycles. The van der Waals surface area contributed by atoms with E-state index >= 15 is 0 Å². The highest BCUT2D eigenvalue weighted by Crippen LogP contribution is 2.46. The van der Waals surface area contributed by atoms with Gasteiger partial charge in [-0.05, 0) is 75.6 Å². The molecular formula is C33H37F6N5O3. The van der Waals surface area contributed by atoms with Crippen LogP contribution in [0.3, 0.4) is 0 Å². The van der Waals surface area contributed by atoms with Gasteiger partial charge in [0.15, 0.2) is 0 Å². The maximum absolute atomic E-state index is 13.9. The number of fused-ring (bicyclic) bond motifs is 1. The summed E-state index contributed by atoms with van der Waals surface area (Å²) in [6.45, 7) is 9.36. The van der Waals surface area contributed by atoms with Crippen LogP contribution < -0.4 is 14.7 Å². The van der Waals surface area contributed by atoms with Crippen LogP contribution in [0, 0.1) is 13.8 Å². The molecule has 0 radical (unpaired) electrons. The standard InChI is InChI=1S/C33H37F6N5O3/c1-5-25-17-28(27-13-20(3)41-21(4)30(27)44(25)31(45)47-6-2)43(29-8-7-26(18-40-29)42-9-11-46-12-10-42)19-22-14-23(32(34,35)36)16-24(15-22)33(37,38)39/h7-8,13-16,18,25,28H,5-6,9-12,17,19H2,1-4H3. The van der Waals surface area contributed by atoms with Crippen LogP contribution in [0.1, 0.15) is 66.4 Å². The first-order valence-electron chi connectivity index (χ1n) is 15.5. The summed E-state index contributed by atoms with van der Waals surface area (Å²) in [7, 11) is 0.